The summed E-state index contributed by atoms with van der Waals surface area (Å²) in [5, 5.41) is 33.0. The van der Waals surface area contributed by atoms with Crippen LogP contribution in [0.3, 0.4) is 0 Å². The standard InChI is InChI=1S/C15H24N2O9S/c1-6(16)13(21)17-12-10-9(7(18)4-8(19)11(10)20)14(22)26-15(12,2)5-25-27(3,23)24/h6,8,10-12,18-20H,4-5,16H2,1-3H3,(H,17,21)/t6?,8-,10+,11+,12-,15-/m1/s1. The van der Waals surface area contributed by atoms with E-state index < -0.39 is 70.2 Å². The Labute approximate surface area is 156 Å². The Morgan fingerprint density at radius 1 is 1.48 bits per heavy atom. The Hall–Kier alpha value is -1.73. The van der Waals surface area contributed by atoms with Crippen molar-refractivity contribution < 1.29 is 42.2 Å². The summed E-state index contributed by atoms with van der Waals surface area (Å²) in [6.07, 6.45) is -2.50. The van der Waals surface area contributed by atoms with Crippen molar-refractivity contribution >= 4 is 22.0 Å². The Bertz CT molecular complexity index is 763. The number of hydrogen-bond donors (Lipinski definition) is 5. The molecule has 0 aromatic carbocycles. The fourth-order valence-corrected chi connectivity index (χ4v) is 3.68. The van der Waals surface area contributed by atoms with Gasteiger partial charge in [-0.2, -0.15) is 8.42 Å². The van der Waals surface area contributed by atoms with Crippen molar-refractivity contribution in [1.29, 1.82) is 0 Å². The lowest BCUT2D eigenvalue weighted by molar-refractivity contribution is -0.180. The van der Waals surface area contributed by atoms with Gasteiger partial charge in [-0.1, -0.05) is 0 Å². The fraction of sp³-hybridized carbons (Fsp3) is 0.733. The summed E-state index contributed by atoms with van der Waals surface area (Å²) in [7, 11) is -3.91. The van der Waals surface area contributed by atoms with E-state index in [4.69, 9.17) is 14.7 Å². The second-order valence-corrected chi connectivity index (χ2v) is 8.74. The molecule has 6 N–H and O–H groups in total. The zero-order valence-electron chi connectivity index (χ0n) is 15.1. The predicted octanol–water partition coefficient (Wildman–Crippen LogP) is -2.34. The molecule has 1 aliphatic heterocycles. The summed E-state index contributed by atoms with van der Waals surface area (Å²) in [5.74, 6) is -3.41. The minimum Gasteiger partial charge on any atom is -0.512 e. The van der Waals surface area contributed by atoms with Crippen LogP contribution >= 0.6 is 0 Å². The van der Waals surface area contributed by atoms with Gasteiger partial charge in [-0.25, -0.2) is 4.79 Å². The zero-order valence-corrected chi connectivity index (χ0v) is 15.9. The number of carbonyl (C=O) groups is 2. The highest BCUT2D eigenvalue weighted by atomic mass is 32.2. The monoisotopic (exact) mass is 408 g/mol. The number of rotatable bonds is 5. The summed E-state index contributed by atoms with van der Waals surface area (Å²) in [6, 6.07) is -2.19. The second kappa shape index (κ2) is 7.36. The normalized spacial score (nSPS) is 35.3. The fourth-order valence-electron chi connectivity index (χ4n) is 3.23. The van der Waals surface area contributed by atoms with E-state index in [1.165, 1.54) is 13.8 Å². The number of fused-ring (bicyclic) bond motifs is 1. The van der Waals surface area contributed by atoms with Crippen LogP contribution in [0.2, 0.25) is 0 Å². The van der Waals surface area contributed by atoms with E-state index >= 15 is 0 Å². The summed E-state index contributed by atoms with van der Waals surface area (Å²) in [6.45, 7) is 2.05. The molecule has 1 heterocycles. The van der Waals surface area contributed by atoms with E-state index in [9.17, 15) is 33.3 Å². The van der Waals surface area contributed by atoms with E-state index in [-0.39, 0.29) is 12.0 Å². The molecule has 2 rings (SSSR count). The van der Waals surface area contributed by atoms with Gasteiger partial charge in [0.25, 0.3) is 10.1 Å². The molecule has 0 radical (unpaired) electrons. The topological polar surface area (TPSA) is 185 Å². The molecule has 11 nitrogen and oxygen atoms in total. The lowest BCUT2D eigenvalue weighted by Crippen LogP contribution is -2.68. The van der Waals surface area contributed by atoms with Crippen LogP contribution < -0.4 is 11.1 Å². The Balaban J connectivity index is 2.52. The molecule has 1 saturated heterocycles. The third kappa shape index (κ3) is 4.41. The molecule has 0 bridgehead atoms. The minimum atomic E-state index is -3.91. The molecular weight excluding hydrogens is 384 g/mol. The highest BCUT2D eigenvalue weighted by Crippen LogP contribution is 2.42. The van der Waals surface area contributed by atoms with Crippen molar-refractivity contribution in [3.8, 4) is 0 Å². The average molecular weight is 408 g/mol. The quantitative estimate of drug-likeness (QED) is 0.244. The molecular formula is C15H24N2O9S. The number of hydrogen-bond acceptors (Lipinski definition) is 10. The molecule has 0 aromatic rings. The first kappa shape index (κ1) is 21.6. The number of ether oxygens (including phenoxy) is 1. The smallest absolute Gasteiger partial charge is 0.338 e. The highest BCUT2D eigenvalue weighted by molar-refractivity contribution is 7.85. The molecule has 154 valence electrons. The number of carbonyl (C=O) groups excluding carboxylic acids is 2. The molecule has 0 spiro atoms. The van der Waals surface area contributed by atoms with Gasteiger partial charge in [-0.05, 0) is 13.8 Å². The molecule has 0 saturated carbocycles. The van der Waals surface area contributed by atoms with Crippen molar-refractivity contribution in [3.05, 3.63) is 11.3 Å². The van der Waals surface area contributed by atoms with Crippen molar-refractivity contribution in [3.63, 3.8) is 0 Å². The van der Waals surface area contributed by atoms with Gasteiger partial charge in [0, 0.05) is 12.3 Å². The summed E-state index contributed by atoms with van der Waals surface area (Å²) < 4.78 is 32.8. The van der Waals surface area contributed by atoms with Crippen LogP contribution in [0.25, 0.3) is 0 Å². The molecule has 0 aromatic heterocycles. The number of nitrogens with two attached hydrogens (primary N) is 1. The van der Waals surface area contributed by atoms with Crippen molar-refractivity contribution in [2.24, 2.45) is 11.7 Å². The van der Waals surface area contributed by atoms with Gasteiger partial charge < -0.3 is 31.1 Å². The van der Waals surface area contributed by atoms with Crippen LogP contribution in [0.4, 0.5) is 0 Å². The number of esters is 1. The van der Waals surface area contributed by atoms with Gasteiger partial charge in [-0.15, -0.1) is 0 Å². The molecule has 2 aliphatic rings. The number of aliphatic hydroxyl groups excluding tert-OH is 3. The van der Waals surface area contributed by atoms with E-state index in [0.29, 0.717) is 0 Å². The number of aliphatic hydroxyl groups is 3. The molecule has 1 aliphatic carbocycles. The lowest BCUT2D eigenvalue weighted by atomic mass is 9.70. The number of cyclic esters (lactones) is 1. The minimum absolute atomic E-state index is 0.292. The Kier molecular flexibility index (Phi) is 5.88. The third-order valence-corrected chi connectivity index (χ3v) is 5.19. The van der Waals surface area contributed by atoms with Crippen molar-refractivity contribution in [1.82, 2.24) is 5.32 Å². The summed E-state index contributed by atoms with van der Waals surface area (Å²) in [5.41, 5.74) is 3.53. The van der Waals surface area contributed by atoms with Crippen LogP contribution in [0.5, 0.6) is 0 Å². The molecule has 6 atom stereocenters. The highest BCUT2D eigenvalue weighted by Gasteiger charge is 2.57. The SMILES string of the molecule is CC(N)C(=O)N[C@@H]1[C@H]2C(=C(O)C[C@@H](O)[C@@H]2O)C(=O)O[C@]1(C)COS(C)(=O)=O. The first-order valence-corrected chi connectivity index (χ1v) is 10.0. The first-order chi connectivity index (χ1) is 12.3. The largest absolute Gasteiger partial charge is 0.512 e. The van der Waals surface area contributed by atoms with Gasteiger partial charge in [0.1, 0.15) is 12.4 Å². The van der Waals surface area contributed by atoms with E-state index in [0.717, 1.165) is 6.26 Å². The lowest BCUT2D eigenvalue weighted by Gasteiger charge is -2.49. The van der Waals surface area contributed by atoms with E-state index in [1.54, 1.807) is 0 Å². The van der Waals surface area contributed by atoms with Gasteiger partial charge in [0.2, 0.25) is 5.91 Å². The van der Waals surface area contributed by atoms with E-state index in [1.807, 2.05) is 0 Å². The molecule has 1 amide bonds. The van der Waals surface area contributed by atoms with Crippen molar-refractivity contribution in [2.45, 2.75) is 50.2 Å². The molecule has 12 heteroatoms. The summed E-state index contributed by atoms with van der Waals surface area (Å²) >= 11 is 0. The second-order valence-electron chi connectivity index (χ2n) is 7.09. The van der Waals surface area contributed by atoms with Gasteiger partial charge >= 0.3 is 5.97 Å². The summed E-state index contributed by atoms with van der Waals surface area (Å²) in [4.78, 5) is 24.6. The Morgan fingerprint density at radius 3 is 2.59 bits per heavy atom. The zero-order chi connectivity index (χ0) is 20.7. The molecule has 27 heavy (non-hydrogen) atoms. The molecule has 1 fully saturated rings. The predicted molar refractivity (Wildman–Crippen MR) is 90.6 cm³/mol. The van der Waals surface area contributed by atoms with Gasteiger partial charge in [0.15, 0.2) is 5.60 Å². The Morgan fingerprint density at radius 2 is 2.07 bits per heavy atom. The van der Waals surface area contributed by atoms with Crippen LogP contribution in [0.1, 0.15) is 20.3 Å². The number of amides is 1. The maximum atomic E-state index is 12.4. The van der Waals surface area contributed by atoms with Gasteiger partial charge in [0.05, 0.1) is 36.1 Å². The first-order valence-electron chi connectivity index (χ1n) is 8.18. The van der Waals surface area contributed by atoms with Crippen LogP contribution in [0, 0.1) is 5.92 Å². The van der Waals surface area contributed by atoms with Crippen LogP contribution in [-0.2, 0) is 28.6 Å². The molecule has 1 unspecified atom stereocenters. The van der Waals surface area contributed by atoms with Crippen LogP contribution in [-0.4, -0.2) is 78.4 Å². The van der Waals surface area contributed by atoms with Crippen LogP contribution in [0.15, 0.2) is 11.3 Å². The van der Waals surface area contributed by atoms with E-state index in [2.05, 4.69) is 5.32 Å². The third-order valence-electron chi connectivity index (χ3n) is 4.64. The maximum absolute atomic E-state index is 12.4. The van der Waals surface area contributed by atoms with Gasteiger partial charge in [-0.3, -0.25) is 8.98 Å². The van der Waals surface area contributed by atoms with Crippen molar-refractivity contribution in [2.75, 3.05) is 12.9 Å². The number of nitrogens with one attached hydrogen (secondary N) is 1. The average Bonchev–Trinajstić information content (AvgIpc) is 2.52. The maximum Gasteiger partial charge on any atom is 0.338 e.